The lowest BCUT2D eigenvalue weighted by atomic mass is 10.1. The van der Waals surface area contributed by atoms with Crippen molar-refractivity contribution < 1.29 is 0 Å². The number of fused-ring (bicyclic) bond motifs is 8. The number of aromatic nitrogens is 4. The molecule has 0 radical (unpaired) electrons. The molecule has 0 N–H and O–H groups in total. The summed E-state index contributed by atoms with van der Waals surface area (Å²) in [5.41, 5.74) is 12.3. The lowest BCUT2D eigenvalue weighted by molar-refractivity contribution is 0.979. The highest BCUT2D eigenvalue weighted by atomic mass is 15.2. The fourth-order valence-electron chi connectivity index (χ4n) is 8.17. The monoisotopic (exact) mass is 718 g/mol. The quantitative estimate of drug-likeness (QED) is 0.165. The van der Waals surface area contributed by atoms with Crippen LogP contribution < -0.4 is 9.80 Å². The first kappa shape index (κ1) is 31.8. The maximum absolute atomic E-state index is 5.44. The minimum Gasteiger partial charge on any atom is -0.310 e. The molecule has 6 nitrogen and oxygen atoms in total. The van der Waals surface area contributed by atoms with Crippen molar-refractivity contribution in [1.82, 2.24) is 18.9 Å². The zero-order valence-electron chi connectivity index (χ0n) is 30.3. The second kappa shape index (κ2) is 13.0. The Morgan fingerprint density at radius 2 is 0.750 bits per heavy atom. The molecule has 56 heavy (non-hydrogen) atoms. The van der Waals surface area contributed by atoms with Gasteiger partial charge in [-0.1, -0.05) is 97.1 Å². The van der Waals surface area contributed by atoms with Gasteiger partial charge in [0.25, 0.3) is 0 Å². The van der Waals surface area contributed by atoms with E-state index in [1.807, 2.05) is 12.1 Å². The molecule has 0 amide bonds. The second-order valence-electron chi connectivity index (χ2n) is 13.9. The Bertz CT molecular complexity index is 2970. The summed E-state index contributed by atoms with van der Waals surface area (Å²) in [5.74, 6) is 0.791. The SMILES string of the molecule is c1ccc(N(c2ccccc2)c2ccc3c(c2)c2cc(N(c4ccccc4)c4ccccc4)ccc2n3-c2nc3ccccc3c3nc4ccccc4n23)cc1. The lowest BCUT2D eigenvalue weighted by Crippen LogP contribution is -2.10. The van der Waals surface area contributed by atoms with Crippen LogP contribution in [0.15, 0.2) is 206 Å². The van der Waals surface area contributed by atoms with E-state index >= 15 is 0 Å². The van der Waals surface area contributed by atoms with Crippen LogP contribution in [-0.2, 0) is 0 Å². The summed E-state index contributed by atoms with van der Waals surface area (Å²) in [6, 6.07) is 72.5. The average molecular weight is 719 g/mol. The van der Waals surface area contributed by atoms with E-state index in [1.54, 1.807) is 0 Å². The smallest absolute Gasteiger partial charge is 0.221 e. The molecule has 0 bridgehead atoms. The predicted octanol–water partition coefficient (Wildman–Crippen LogP) is 13.1. The molecule has 0 aliphatic heterocycles. The van der Waals surface area contributed by atoms with Crippen LogP contribution >= 0.6 is 0 Å². The highest BCUT2D eigenvalue weighted by Crippen LogP contribution is 2.43. The Balaban J connectivity index is 1.24. The van der Waals surface area contributed by atoms with Gasteiger partial charge in [-0.15, -0.1) is 0 Å². The van der Waals surface area contributed by atoms with Gasteiger partial charge in [0.05, 0.1) is 27.6 Å². The van der Waals surface area contributed by atoms with E-state index in [-0.39, 0.29) is 0 Å². The maximum Gasteiger partial charge on any atom is 0.221 e. The number of hydrogen-bond donors (Lipinski definition) is 0. The Morgan fingerprint density at radius 3 is 1.25 bits per heavy atom. The zero-order chi connectivity index (χ0) is 37.0. The first-order chi connectivity index (χ1) is 27.8. The summed E-state index contributed by atoms with van der Waals surface area (Å²) in [7, 11) is 0. The van der Waals surface area contributed by atoms with E-state index in [0.717, 1.165) is 89.5 Å². The molecule has 0 atom stereocenters. The number of benzene rings is 8. The molecular weight excluding hydrogens is 685 g/mol. The van der Waals surface area contributed by atoms with E-state index in [1.165, 1.54) is 0 Å². The van der Waals surface area contributed by atoms with Crippen LogP contribution in [0.4, 0.5) is 34.1 Å². The van der Waals surface area contributed by atoms with Gasteiger partial charge in [0.2, 0.25) is 5.95 Å². The van der Waals surface area contributed by atoms with Crippen LogP contribution in [0.2, 0.25) is 0 Å². The number of para-hydroxylation sites is 7. The maximum atomic E-state index is 5.44. The van der Waals surface area contributed by atoms with Crippen molar-refractivity contribution >= 4 is 83.5 Å². The topological polar surface area (TPSA) is 41.6 Å². The van der Waals surface area contributed by atoms with Crippen LogP contribution in [0.3, 0.4) is 0 Å². The van der Waals surface area contributed by atoms with Crippen molar-refractivity contribution in [3.63, 3.8) is 0 Å². The summed E-state index contributed by atoms with van der Waals surface area (Å²) < 4.78 is 4.54. The van der Waals surface area contributed by atoms with Gasteiger partial charge in [-0.3, -0.25) is 8.97 Å². The molecule has 0 aliphatic carbocycles. The Labute approximate surface area is 323 Å². The van der Waals surface area contributed by atoms with Gasteiger partial charge in [0, 0.05) is 50.3 Å². The standard InChI is InChI=1S/C50H34N6/c1-5-17-35(18-6-1)53(36-19-7-2-8-20-36)39-29-31-46-42(33-39)43-34-40(54(37-21-9-3-10-22-37)38-23-11-4-12-24-38)30-32-47(43)55(46)50-52-44-26-14-13-25-41(44)49-51-45-27-15-16-28-48(45)56(49)50/h1-34H. The molecule has 0 unspecified atom stereocenters. The molecule has 3 heterocycles. The summed E-state index contributed by atoms with van der Waals surface area (Å²) in [4.78, 5) is 15.3. The second-order valence-corrected chi connectivity index (χ2v) is 13.9. The summed E-state index contributed by atoms with van der Waals surface area (Å²) in [5, 5.41) is 3.25. The highest BCUT2D eigenvalue weighted by molar-refractivity contribution is 6.12. The van der Waals surface area contributed by atoms with E-state index in [2.05, 4.69) is 213 Å². The zero-order valence-corrected chi connectivity index (χ0v) is 30.3. The van der Waals surface area contributed by atoms with Crippen LogP contribution in [-0.4, -0.2) is 18.9 Å². The van der Waals surface area contributed by atoms with Gasteiger partial charge in [0.15, 0.2) is 0 Å². The molecular formula is C50H34N6. The van der Waals surface area contributed by atoms with E-state index in [9.17, 15) is 0 Å². The van der Waals surface area contributed by atoms with Crippen LogP contribution in [0, 0.1) is 0 Å². The van der Waals surface area contributed by atoms with Gasteiger partial charge in [-0.05, 0) is 109 Å². The van der Waals surface area contributed by atoms with Crippen LogP contribution in [0.25, 0.3) is 55.3 Å². The minimum absolute atomic E-state index is 0.791. The molecule has 0 saturated heterocycles. The van der Waals surface area contributed by atoms with E-state index in [0.29, 0.717) is 0 Å². The fourth-order valence-corrected chi connectivity index (χ4v) is 8.17. The van der Waals surface area contributed by atoms with Gasteiger partial charge >= 0.3 is 0 Å². The fraction of sp³-hybridized carbons (Fsp3) is 0. The molecule has 264 valence electrons. The third-order valence-corrected chi connectivity index (χ3v) is 10.6. The number of hydrogen-bond acceptors (Lipinski definition) is 4. The van der Waals surface area contributed by atoms with E-state index in [4.69, 9.17) is 9.97 Å². The molecule has 6 heteroatoms. The van der Waals surface area contributed by atoms with Crippen molar-refractivity contribution in [2.24, 2.45) is 0 Å². The molecule has 0 aliphatic rings. The highest BCUT2D eigenvalue weighted by Gasteiger charge is 2.23. The number of anilines is 6. The molecule has 11 rings (SSSR count). The van der Waals surface area contributed by atoms with Crippen molar-refractivity contribution in [3.05, 3.63) is 206 Å². The minimum atomic E-state index is 0.791. The summed E-state index contributed by atoms with van der Waals surface area (Å²) in [6.45, 7) is 0. The summed E-state index contributed by atoms with van der Waals surface area (Å²) in [6.07, 6.45) is 0. The molecule has 0 spiro atoms. The number of rotatable bonds is 7. The van der Waals surface area contributed by atoms with Gasteiger partial charge < -0.3 is 9.80 Å². The third kappa shape index (κ3) is 5.11. The molecule has 8 aromatic carbocycles. The van der Waals surface area contributed by atoms with Crippen molar-refractivity contribution in [3.8, 4) is 5.95 Å². The van der Waals surface area contributed by atoms with Crippen molar-refractivity contribution in [1.29, 1.82) is 0 Å². The Morgan fingerprint density at radius 1 is 0.321 bits per heavy atom. The van der Waals surface area contributed by atoms with Gasteiger partial charge in [-0.25, -0.2) is 9.97 Å². The van der Waals surface area contributed by atoms with Crippen LogP contribution in [0.5, 0.6) is 0 Å². The predicted molar refractivity (Wildman–Crippen MR) is 232 cm³/mol. The number of nitrogens with zero attached hydrogens (tertiary/aromatic N) is 6. The largest absolute Gasteiger partial charge is 0.310 e. The lowest BCUT2D eigenvalue weighted by Gasteiger charge is -2.26. The molecule has 3 aromatic heterocycles. The summed E-state index contributed by atoms with van der Waals surface area (Å²) >= 11 is 0. The van der Waals surface area contributed by atoms with Gasteiger partial charge in [-0.2, -0.15) is 0 Å². The Hall–Kier alpha value is -7.70. The molecule has 0 fully saturated rings. The normalized spacial score (nSPS) is 11.6. The first-order valence-corrected chi connectivity index (χ1v) is 18.9. The van der Waals surface area contributed by atoms with Crippen molar-refractivity contribution in [2.45, 2.75) is 0 Å². The third-order valence-electron chi connectivity index (χ3n) is 10.6. The first-order valence-electron chi connectivity index (χ1n) is 18.9. The molecule has 0 saturated carbocycles. The van der Waals surface area contributed by atoms with E-state index < -0.39 is 0 Å². The average Bonchev–Trinajstić information content (AvgIpc) is 3.81. The molecule has 11 aromatic rings. The Kier molecular flexibility index (Phi) is 7.38. The van der Waals surface area contributed by atoms with Crippen molar-refractivity contribution in [2.75, 3.05) is 9.80 Å². The van der Waals surface area contributed by atoms with Crippen LogP contribution in [0.1, 0.15) is 0 Å². The number of imidazole rings is 1. The van der Waals surface area contributed by atoms with Gasteiger partial charge in [0.1, 0.15) is 5.65 Å².